The van der Waals surface area contributed by atoms with Crippen LogP contribution < -0.4 is 9.46 Å². The van der Waals surface area contributed by atoms with Gasteiger partial charge >= 0.3 is 5.97 Å². The minimum Gasteiger partial charge on any atom is -0.482 e. The molecule has 0 radical (unpaired) electrons. The highest BCUT2D eigenvalue weighted by Gasteiger charge is 2.28. The van der Waals surface area contributed by atoms with Gasteiger partial charge in [0, 0.05) is 16.7 Å². The lowest BCUT2D eigenvalue weighted by molar-refractivity contribution is -0.157. The largest absolute Gasteiger partial charge is 0.482 e. The molecule has 1 aromatic heterocycles. The molecule has 0 amide bonds. The lowest BCUT2D eigenvalue weighted by Crippen LogP contribution is -2.32. The van der Waals surface area contributed by atoms with Crippen LogP contribution in [0.25, 0.3) is 0 Å². The van der Waals surface area contributed by atoms with Crippen LogP contribution in [0.2, 0.25) is 0 Å². The van der Waals surface area contributed by atoms with Gasteiger partial charge in [-0.25, -0.2) is 22.9 Å². The van der Waals surface area contributed by atoms with Crippen molar-refractivity contribution < 1.29 is 22.7 Å². The summed E-state index contributed by atoms with van der Waals surface area (Å²) < 4.78 is 40.0. The van der Waals surface area contributed by atoms with Crippen LogP contribution in [0.4, 0.5) is 0 Å². The third-order valence-corrected chi connectivity index (χ3v) is 6.36. The maximum absolute atomic E-state index is 12.8. The van der Waals surface area contributed by atoms with E-state index in [-0.39, 0.29) is 11.6 Å². The highest BCUT2D eigenvalue weighted by molar-refractivity contribution is 9.10. The maximum Gasteiger partial charge on any atom is 0.344 e. The van der Waals surface area contributed by atoms with Gasteiger partial charge in [-0.3, -0.25) is 0 Å². The van der Waals surface area contributed by atoms with Crippen molar-refractivity contribution in [3.63, 3.8) is 0 Å². The number of esters is 1. The summed E-state index contributed by atoms with van der Waals surface area (Å²) in [6, 6.07) is 8.17. The van der Waals surface area contributed by atoms with Crippen molar-refractivity contribution in [1.29, 1.82) is 0 Å². The average molecular weight is 497 g/mol. The Morgan fingerprint density at radius 2 is 2.03 bits per heavy atom. The van der Waals surface area contributed by atoms with E-state index in [1.165, 1.54) is 12.3 Å². The zero-order valence-electron chi connectivity index (χ0n) is 17.1. The molecule has 1 N–H and O–H groups in total. The zero-order chi connectivity index (χ0) is 21.9. The fourth-order valence-corrected chi connectivity index (χ4v) is 4.76. The number of sulfonamides is 1. The number of rotatable bonds is 6. The van der Waals surface area contributed by atoms with Gasteiger partial charge in [-0.1, -0.05) is 12.1 Å². The number of nitrogens with one attached hydrogen (secondary N) is 1. The quantitative estimate of drug-likeness (QED) is 0.608. The van der Waals surface area contributed by atoms with Crippen molar-refractivity contribution in [3.05, 3.63) is 52.1 Å². The van der Waals surface area contributed by atoms with E-state index in [1.807, 2.05) is 6.07 Å². The summed E-state index contributed by atoms with van der Waals surface area (Å²) in [7, 11) is -3.78. The fourth-order valence-electron chi connectivity index (χ4n) is 3.35. The van der Waals surface area contributed by atoms with Gasteiger partial charge in [-0.15, -0.1) is 0 Å². The van der Waals surface area contributed by atoms with Crippen molar-refractivity contribution in [2.45, 2.75) is 56.7 Å². The Balaban J connectivity index is 1.77. The van der Waals surface area contributed by atoms with Crippen molar-refractivity contribution in [2.75, 3.05) is 6.61 Å². The van der Waals surface area contributed by atoms with Crippen LogP contribution in [0.3, 0.4) is 0 Å². The first kappa shape index (κ1) is 22.7. The van der Waals surface area contributed by atoms with Gasteiger partial charge in [0.1, 0.15) is 11.4 Å². The number of ether oxygens (including phenoxy) is 2. The summed E-state index contributed by atoms with van der Waals surface area (Å²) in [6.07, 6.45) is 3.65. The Hall–Kier alpha value is -1.97. The molecular formula is C21H25BrN2O5S. The number of benzene rings is 1. The number of halogens is 1. The number of aromatic nitrogens is 1. The molecule has 0 fully saturated rings. The number of carbonyl (C=O) groups excluding carboxylic acids is 1. The second-order valence-electron chi connectivity index (χ2n) is 8.08. The van der Waals surface area contributed by atoms with Crippen molar-refractivity contribution >= 4 is 31.9 Å². The Labute approximate surface area is 185 Å². The van der Waals surface area contributed by atoms with E-state index in [9.17, 15) is 13.2 Å². The third-order valence-electron chi connectivity index (χ3n) is 4.50. The third kappa shape index (κ3) is 5.80. The normalized spacial score (nSPS) is 16.6. The predicted molar refractivity (Wildman–Crippen MR) is 116 cm³/mol. The number of hydrogen-bond acceptors (Lipinski definition) is 6. The number of hydrogen-bond donors (Lipinski definition) is 1. The lowest BCUT2D eigenvalue weighted by atomic mass is 9.87. The fraction of sp³-hybridized carbons (Fsp3) is 0.429. The molecular weight excluding hydrogens is 472 g/mol. The van der Waals surface area contributed by atoms with Gasteiger partial charge in [0.25, 0.3) is 10.0 Å². The zero-order valence-corrected chi connectivity index (χ0v) is 19.5. The molecule has 1 aromatic carbocycles. The van der Waals surface area contributed by atoms with Crippen LogP contribution in [0, 0.1) is 0 Å². The van der Waals surface area contributed by atoms with E-state index < -0.39 is 27.6 Å². The predicted octanol–water partition coefficient (Wildman–Crippen LogP) is 3.92. The first-order valence-electron chi connectivity index (χ1n) is 9.65. The second kappa shape index (κ2) is 9.03. The van der Waals surface area contributed by atoms with Gasteiger partial charge in [-0.2, -0.15) is 0 Å². The molecule has 3 rings (SSSR count). The maximum atomic E-state index is 12.8. The lowest BCUT2D eigenvalue weighted by Gasteiger charge is -2.27. The molecule has 0 aliphatic heterocycles. The molecule has 0 unspecified atom stereocenters. The van der Waals surface area contributed by atoms with Crippen molar-refractivity contribution in [2.24, 2.45) is 0 Å². The number of carbonyl (C=O) groups is 1. The first-order chi connectivity index (χ1) is 14.0. The van der Waals surface area contributed by atoms with Gasteiger partial charge < -0.3 is 9.47 Å². The summed E-state index contributed by atoms with van der Waals surface area (Å²) in [5.74, 6) is 0.124. The molecule has 0 saturated carbocycles. The first-order valence-corrected chi connectivity index (χ1v) is 11.9. The highest BCUT2D eigenvalue weighted by Crippen LogP contribution is 2.36. The highest BCUT2D eigenvalue weighted by atomic mass is 79.9. The smallest absolute Gasteiger partial charge is 0.344 e. The van der Waals surface area contributed by atoms with E-state index in [1.54, 1.807) is 39.0 Å². The molecule has 7 nitrogen and oxygen atoms in total. The summed E-state index contributed by atoms with van der Waals surface area (Å²) >= 11 is 3.26. The van der Waals surface area contributed by atoms with Crippen LogP contribution in [0.5, 0.6) is 5.75 Å². The van der Waals surface area contributed by atoms with E-state index in [4.69, 9.17) is 9.47 Å². The van der Waals surface area contributed by atoms with Crippen LogP contribution in [0.1, 0.15) is 50.8 Å². The Morgan fingerprint density at radius 1 is 1.27 bits per heavy atom. The number of fused-ring (bicyclic) bond motifs is 1. The van der Waals surface area contributed by atoms with Gasteiger partial charge in [0.05, 0.1) is 0 Å². The van der Waals surface area contributed by atoms with E-state index in [0.29, 0.717) is 16.6 Å². The van der Waals surface area contributed by atoms with E-state index in [0.717, 1.165) is 24.0 Å². The van der Waals surface area contributed by atoms with Crippen LogP contribution in [-0.4, -0.2) is 31.6 Å². The van der Waals surface area contributed by atoms with E-state index in [2.05, 4.69) is 25.6 Å². The standard InChI is InChI=1S/C21H25BrN2O5S/c1-21(2,3)29-20(25)13-28-18-9-5-6-15-16(18)7-4-8-17(15)24-30(26,27)19-11-10-14(22)12-23-19/h5-6,9-12,17,24H,4,7-8,13H2,1-3H3/t17-/m1/s1. The monoisotopic (exact) mass is 496 g/mol. The molecule has 1 heterocycles. The van der Waals surface area contributed by atoms with Gasteiger partial charge in [0.15, 0.2) is 11.6 Å². The summed E-state index contributed by atoms with van der Waals surface area (Å²) in [5.41, 5.74) is 1.17. The van der Waals surface area contributed by atoms with Crippen LogP contribution >= 0.6 is 15.9 Å². The summed E-state index contributed by atoms with van der Waals surface area (Å²) in [4.78, 5) is 16.0. The van der Waals surface area contributed by atoms with Crippen molar-refractivity contribution in [3.8, 4) is 5.75 Å². The average Bonchev–Trinajstić information content (AvgIpc) is 2.65. The second-order valence-corrected chi connectivity index (χ2v) is 10.7. The molecule has 0 bridgehead atoms. The minimum absolute atomic E-state index is 0.0323. The van der Waals surface area contributed by atoms with E-state index >= 15 is 0 Å². The van der Waals surface area contributed by atoms with Crippen molar-refractivity contribution in [1.82, 2.24) is 9.71 Å². The Bertz CT molecular complexity index is 1020. The Morgan fingerprint density at radius 3 is 2.70 bits per heavy atom. The molecule has 30 heavy (non-hydrogen) atoms. The molecule has 2 aromatic rings. The van der Waals surface area contributed by atoms with Gasteiger partial charge in [0.2, 0.25) is 0 Å². The SMILES string of the molecule is CC(C)(C)OC(=O)COc1cccc2c1CCC[C@H]2NS(=O)(=O)c1ccc(Br)cn1. The molecule has 1 atom stereocenters. The molecule has 1 aliphatic carbocycles. The Kier molecular flexibility index (Phi) is 6.84. The molecule has 1 aliphatic rings. The molecule has 9 heteroatoms. The van der Waals surface area contributed by atoms with Crippen LogP contribution in [-0.2, 0) is 26.0 Å². The summed E-state index contributed by atoms with van der Waals surface area (Å²) in [5, 5.41) is -0.0323. The molecule has 0 spiro atoms. The van der Waals surface area contributed by atoms with Gasteiger partial charge in [-0.05, 0) is 85.3 Å². The van der Waals surface area contributed by atoms with Crippen LogP contribution in [0.15, 0.2) is 46.0 Å². The summed E-state index contributed by atoms with van der Waals surface area (Å²) in [6.45, 7) is 5.19. The topological polar surface area (TPSA) is 94.6 Å². The number of pyridine rings is 1. The molecule has 162 valence electrons. The molecule has 0 saturated heterocycles. The number of nitrogens with zero attached hydrogens (tertiary/aromatic N) is 1. The minimum atomic E-state index is -3.78.